The van der Waals surface area contributed by atoms with Gasteiger partial charge in [0.15, 0.2) is 0 Å². The molecule has 0 saturated carbocycles. The van der Waals surface area contributed by atoms with Crippen LogP contribution in [0.15, 0.2) is 12.7 Å². The first-order valence-corrected chi connectivity index (χ1v) is 2.21. The summed E-state index contributed by atoms with van der Waals surface area (Å²) in [7, 11) is 0. The molecule has 0 saturated heterocycles. The molecule has 0 atom stereocenters. The van der Waals surface area contributed by atoms with Crippen LogP contribution in [0.1, 0.15) is 0 Å². The van der Waals surface area contributed by atoms with Crippen LogP contribution in [0.3, 0.4) is 0 Å². The van der Waals surface area contributed by atoms with Gasteiger partial charge in [-0.15, -0.1) is 0 Å². The van der Waals surface area contributed by atoms with E-state index in [1.807, 2.05) is 0 Å². The maximum atomic E-state index is 10.1. The number of esters is 1. The van der Waals surface area contributed by atoms with Crippen LogP contribution in [0, 0.1) is 0 Å². The van der Waals surface area contributed by atoms with Crippen molar-refractivity contribution < 1.29 is 14.6 Å². The van der Waals surface area contributed by atoms with Crippen LogP contribution in [0.4, 0.5) is 0 Å². The summed E-state index contributed by atoms with van der Waals surface area (Å²) in [5.41, 5.74) is 0. The second-order valence-electron chi connectivity index (χ2n) is 1.10. The van der Waals surface area contributed by atoms with E-state index in [4.69, 9.17) is 5.11 Å². The number of aliphatic hydroxyl groups excluding tert-OH is 1. The fourth-order valence-corrected chi connectivity index (χ4v) is 0.205. The summed E-state index contributed by atoms with van der Waals surface area (Å²) in [4.78, 5) is 10.1. The van der Waals surface area contributed by atoms with E-state index in [0.29, 0.717) is 0 Å². The van der Waals surface area contributed by atoms with Gasteiger partial charge in [0.2, 0.25) is 0 Å². The van der Waals surface area contributed by atoms with E-state index in [1.165, 1.54) is 0 Å². The minimum atomic E-state index is -0.501. The maximum absolute atomic E-state index is 10.1. The molecule has 0 amide bonds. The Bertz CT molecular complexity index is 92.2. The molecule has 48 valence electrons. The molecule has 1 N–H and O–H groups in total. The molecule has 0 aliphatic heterocycles. The summed E-state index contributed by atoms with van der Waals surface area (Å²) in [6.45, 7) is 3.06. The zero-order valence-electron chi connectivity index (χ0n) is 4.46. The Morgan fingerprint density at radius 1 is 1.78 bits per heavy atom. The van der Waals surface area contributed by atoms with Crippen molar-refractivity contribution in [3.05, 3.63) is 12.7 Å². The number of aliphatic hydroxyl groups is 1. The van der Waals surface area contributed by atoms with Crippen molar-refractivity contribution in [2.24, 2.45) is 0 Å². The van der Waals surface area contributed by atoms with E-state index in [1.54, 1.807) is 0 Å². The van der Waals surface area contributed by atoms with Crippen LogP contribution < -0.4 is 0 Å². The van der Waals surface area contributed by atoms with Crippen LogP contribution in [0.2, 0.25) is 0 Å². The summed E-state index contributed by atoms with van der Waals surface area (Å²) in [6.07, 6.45) is 1.05. The average Bonchev–Trinajstić information content (AvgIpc) is 1.83. The Morgan fingerprint density at radius 3 is 2.67 bits per heavy atom. The molecule has 0 heterocycles. The summed E-state index contributed by atoms with van der Waals surface area (Å²) in [6, 6.07) is 0. The Balaban J connectivity index is 0. The number of carbonyl (C=O) groups is 1. The van der Waals surface area contributed by atoms with Crippen LogP contribution in [0.5, 0.6) is 0 Å². The summed E-state index contributed by atoms with van der Waals surface area (Å²) in [5, 5.41) is 8.10. The van der Waals surface area contributed by atoms with E-state index in [-0.39, 0.29) is 42.8 Å². The molecule has 0 bridgehead atoms. The Labute approximate surface area is 76.0 Å². The first-order valence-electron chi connectivity index (χ1n) is 2.21. The van der Waals surface area contributed by atoms with Crippen LogP contribution >= 0.6 is 0 Å². The van der Waals surface area contributed by atoms with Crippen LogP contribution in [0.25, 0.3) is 0 Å². The van der Waals surface area contributed by atoms with E-state index in [2.05, 4.69) is 11.3 Å². The van der Waals surface area contributed by atoms with Gasteiger partial charge in [-0.25, -0.2) is 4.79 Å². The molecular weight excluding hydrogens is 131 g/mol. The average molecular weight is 140 g/mol. The second-order valence-corrected chi connectivity index (χ2v) is 1.10. The molecule has 0 aromatic rings. The van der Waals surface area contributed by atoms with Gasteiger partial charge in [-0.1, -0.05) is 6.58 Å². The molecule has 0 spiro atoms. The normalized spacial score (nSPS) is 7.22. The molecule has 0 rings (SSSR count). The predicted molar refractivity (Wildman–Crippen MR) is 35.4 cm³/mol. The zero-order valence-corrected chi connectivity index (χ0v) is 4.46. The molecule has 9 heavy (non-hydrogen) atoms. The monoisotopic (exact) mass is 140 g/mol. The molecule has 0 aliphatic rings. The number of hydrogen-bond donors (Lipinski definition) is 1. The number of rotatable bonds is 3. The van der Waals surface area contributed by atoms with Gasteiger partial charge < -0.3 is 9.84 Å². The third kappa shape index (κ3) is 8.17. The molecule has 0 radical (unpaired) electrons. The molecule has 0 aromatic heterocycles. The van der Waals surface area contributed by atoms with E-state index in [0.717, 1.165) is 6.08 Å². The van der Waals surface area contributed by atoms with Gasteiger partial charge >= 0.3 is 35.5 Å². The van der Waals surface area contributed by atoms with Crippen LogP contribution in [-0.4, -0.2) is 53.8 Å². The van der Waals surface area contributed by atoms with Gasteiger partial charge in [0.1, 0.15) is 6.61 Å². The van der Waals surface area contributed by atoms with Gasteiger partial charge in [0, 0.05) is 6.08 Å². The number of hydrogen-bond acceptors (Lipinski definition) is 3. The molecule has 0 aromatic carbocycles. The first kappa shape index (κ1) is 11.9. The second kappa shape index (κ2) is 8.17. The van der Waals surface area contributed by atoms with Crippen molar-refractivity contribution in [2.75, 3.05) is 13.2 Å². The van der Waals surface area contributed by atoms with E-state index in [9.17, 15) is 4.79 Å². The molecule has 0 unspecified atom stereocenters. The summed E-state index contributed by atoms with van der Waals surface area (Å²) < 4.78 is 4.33. The van der Waals surface area contributed by atoms with Crippen molar-refractivity contribution in [3.8, 4) is 0 Å². The zero-order chi connectivity index (χ0) is 6.41. The molecule has 0 fully saturated rings. The summed E-state index contributed by atoms with van der Waals surface area (Å²) in [5.74, 6) is -0.501. The quantitative estimate of drug-likeness (QED) is 0.312. The van der Waals surface area contributed by atoms with Crippen molar-refractivity contribution in [1.82, 2.24) is 0 Å². The third-order valence-corrected chi connectivity index (χ3v) is 0.502. The van der Waals surface area contributed by atoms with E-state index >= 15 is 0 Å². The molecule has 3 nitrogen and oxygen atoms in total. The predicted octanol–water partition coefficient (Wildman–Crippen LogP) is -0.941. The van der Waals surface area contributed by atoms with Crippen LogP contribution in [-0.2, 0) is 9.53 Å². The van der Waals surface area contributed by atoms with E-state index < -0.39 is 5.97 Å². The molecule has 4 heteroatoms. The fourth-order valence-electron chi connectivity index (χ4n) is 0.205. The van der Waals surface area contributed by atoms with Crippen molar-refractivity contribution in [1.29, 1.82) is 0 Å². The SMILES string of the molecule is C=CC(=O)OCCO.[NaH]. The van der Waals surface area contributed by atoms with Gasteiger partial charge in [-0.3, -0.25) is 0 Å². The molecule has 0 aliphatic carbocycles. The third-order valence-electron chi connectivity index (χ3n) is 0.502. The van der Waals surface area contributed by atoms with Crippen molar-refractivity contribution >= 4 is 35.5 Å². The number of ether oxygens (including phenoxy) is 1. The van der Waals surface area contributed by atoms with Gasteiger partial charge in [0.05, 0.1) is 6.61 Å². The van der Waals surface area contributed by atoms with Crippen molar-refractivity contribution in [2.45, 2.75) is 0 Å². The summed E-state index contributed by atoms with van der Waals surface area (Å²) >= 11 is 0. The van der Waals surface area contributed by atoms with Gasteiger partial charge in [-0.2, -0.15) is 0 Å². The minimum absolute atomic E-state index is 0. The standard InChI is InChI=1S/C5H8O3.Na.H/c1-2-5(7)8-4-3-6;;/h2,6H,1,3-4H2;;. The molecular formula is C5H9NaO3. The van der Waals surface area contributed by atoms with Gasteiger partial charge in [-0.05, 0) is 0 Å². The Hall–Kier alpha value is 0.170. The van der Waals surface area contributed by atoms with Crippen molar-refractivity contribution in [3.63, 3.8) is 0 Å². The van der Waals surface area contributed by atoms with Gasteiger partial charge in [0.25, 0.3) is 0 Å². The first-order chi connectivity index (χ1) is 3.81. The topological polar surface area (TPSA) is 46.5 Å². The Kier molecular flexibility index (Phi) is 10.8. The Morgan fingerprint density at radius 2 is 2.33 bits per heavy atom. The fraction of sp³-hybridized carbons (Fsp3) is 0.400. The number of carbonyl (C=O) groups excluding carboxylic acids is 1.